The first-order valence-corrected chi connectivity index (χ1v) is 7.54. The summed E-state index contributed by atoms with van der Waals surface area (Å²) in [5.74, 6) is 0. The van der Waals surface area contributed by atoms with E-state index in [1.165, 1.54) is 22.3 Å². The zero-order chi connectivity index (χ0) is 14.4. The van der Waals surface area contributed by atoms with Crippen molar-refractivity contribution in [1.29, 1.82) is 0 Å². The Bertz CT molecular complexity index is 510. The summed E-state index contributed by atoms with van der Waals surface area (Å²) in [5.41, 5.74) is 5.56. The average molecular weight is 267 g/mol. The number of aryl methyl sites for hydroxylation is 3. The van der Waals surface area contributed by atoms with E-state index in [9.17, 15) is 0 Å². The Morgan fingerprint density at radius 3 is 2.20 bits per heavy atom. The molecule has 0 spiro atoms. The molecule has 106 valence electrons. The van der Waals surface area contributed by atoms with Crippen LogP contribution in [0.1, 0.15) is 41.6 Å². The molecule has 2 aromatic carbocycles. The second-order valence-corrected chi connectivity index (χ2v) is 5.56. The Labute approximate surface area is 123 Å². The van der Waals surface area contributed by atoms with Gasteiger partial charge < -0.3 is 5.32 Å². The lowest BCUT2D eigenvalue weighted by Gasteiger charge is -2.18. The molecule has 1 atom stereocenters. The van der Waals surface area contributed by atoms with Crippen LogP contribution in [0.25, 0.3) is 0 Å². The maximum atomic E-state index is 3.60. The van der Waals surface area contributed by atoms with Gasteiger partial charge in [-0.25, -0.2) is 0 Å². The van der Waals surface area contributed by atoms with Gasteiger partial charge in [0.05, 0.1) is 0 Å². The van der Waals surface area contributed by atoms with Crippen molar-refractivity contribution in [2.24, 2.45) is 0 Å². The first kappa shape index (κ1) is 14.8. The van der Waals surface area contributed by atoms with Crippen LogP contribution in [0.15, 0.2) is 48.5 Å². The Hall–Kier alpha value is -1.60. The SMILES string of the molecule is CCNC(CCc1cc(C)cc(C)c1)c1ccccc1. The van der Waals surface area contributed by atoms with Crippen molar-refractivity contribution in [1.82, 2.24) is 5.32 Å². The van der Waals surface area contributed by atoms with Crippen LogP contribution in [-0.4, -0.2) is 6.54 Å². The largest absolute Gasteiger partial charge is 0.310 e. The molecular weight excluding hydrogens is 242 g/mol. The summed E-state index contributed by atoms with van der Waals surface area (Å²) >= 11 is 0. The molecule has 0 fully saturated rings. The third-order valence-corrected chi connectivity index (χ3v) is 3.66. The van der Waals surface area contributed by atoms with Gasteiger partial charge in [-0.3, -0.25) is 0 Å². The predicted molar refractivity (Wildman–Crippen MR) is 87.1 cm³/mol. The maximum absolute atomic E-state index is 3.60. The maximum Gasteiger partial charge on any atom is 0.0323 e. The van der Waals surface area contributed by atoms with Crippen molar-refractivity contribution in [2.75, 3.05) is 6.54 Å². The van der Waals surface area contributed by atoms with Gasteiger partial charge in [-0.15, -0.1) is 0 Å². The van der Waals surface area contributed by atoms with Crippen molar-refractivity contribution in [3.8, 4) is 0 Å². The van der Waals surface area contributed by atoms with Gasteiger partial charge >= 0.3 is 0 Å². The highest BCUT2D eigenvalue weighted by Gasteiger charge is 2.10. The van der Waals surface area contributed by atoms with Gasteiger partial charge in [-0.2, -0.15) is 0 Å². The second-order valence-electron chi connectivity index (χ2n) is 5.56. The fourth-order valence-electron chi connectivity index (χ4n) is 2.84. The number of hydrogen-bond acceptors (Lipinski definition) is 1. The lowest BCUT2D eigenvalue weighted by atomic mass is 9.97. The van der Waals surface area contributed by atoms with Gasteiger partial charge in [-0.1, -0.05) is 66.6 Å². The van der Waals surface area contributed by atoms with E-state index in [0.29, 0.717) is 6.04 Å². The molecule has 1 heteroatoms. The van der Waals surface area contributed by atoms with Gasteiger partial charge in [-0.05, 0) is 44.4 Å². The summed E-state index contributed by atoms with van der Waals surface area (Å²) in [5, 5.41) is 3.60. The minimum atomic E-state index is 0.446. The molecule has 0 aliphatic heterocycles. The number of hydrogen-bond donors (Lipinski definition) is 1. The topological polar surface area (TPSA) is 12.0 Å². The normalized spacial score (nSPS) is 12.3. The van der Waals surface area contributed by atoms with Crippen LogP contribution >= 0.6 is 0 Å². The quantitative estimate of drug-likeness (QED) is 0.807. The Morgan fingerprint density at radius 2 is 1.60 bits per heavy atom. The third-order valence-electron chi connectivity index (χ3n) is 3.66. The molecule has 0 bridgehead atoms. The highest BCUT2D eigenvalue weighted by Crippen LogP contribution is 2.20. The summed E-state index contributed by atoms with van der Waals surface area (Å²) in [6.07, 6.45) is 2.26. The first-order chi connectivity index (χ1) is 9.69. The number of benzene rings is 2. The van der Waals surface area contributed by atoms with E-state index in [1.807, 2.05) is 0 Å². The Kier molecular flexibility index (Phi) is 5.37. The van der Waals surface area contributed by atoms with Crippen LogP contribution in [0.4, 0.5) is 0 Å². The molecule has 0 aromatic heterocycles. The van der Waals surface area contributed by atoms with Crippen LogP contribution < -0.4 is 5.32 Å². The zero-order valence-electron chi connectivity index (χ0n) is 12.8. The van der Waals surface area contributed by atoms with Crippen molar-refractivity contribution in [3.05, 3.63) is 70.8 Å². The highest BCUT2D eigenvalue weighted by atomic mass is 14.9. The molecule has 20 heavy (non-hydrogen) atoms. The molecule has 1 unspecified atom stereocenters. The van der Waals surface area contributed by atoms with E-state index in [-0.39, 0.29) is 0 Å². The van der Waals surface area contributed by atoms with Gasteiger partial charge in [0.2, 0.25) is 0 Å². The molecule has 0 aliphatic carbocycles. The summed E-state index contributed by atoms with van der Waals surface area (Å²) in [7, 11) is 0. The fourth-order valence-corrected chi connectivity index (χ4v) is 2.84. The lowest BCUT2D eigenvalue weighted by Crippen LogP contribution is -2.21. The predicted octanol–water partition coefficient (Wildman–Crippen LogP) is 4.59. The third kappa shape index (κ3) is 4.21. The van der Waals surface area contributed by atoms with E-state index in [2.05, 4.69) is 74.6 Å². The van der Waals surface area contributed by atoms with Crippen molar-refractivity contribution < 1.29 is 0 Å². The monoisotopic (exact) mass is 267 g/mol. The minimum absolute atomic E-state index is 0.446. The molecule has 2 aromatic rings. The molecule has 0 saturated heterocycles. The standard InChI is InChI=1S/C19H25N/c1-4-20-19(18-8-6-5-7-9-18)11-10-17-13-15(2)12-16(3)14-17/h5-9,12-14,19-20H,4,10-11H2,1-3H3. The smallest absolute Gasteiger partial charge is 0.0323 e. The van der Waals surface area contributed by atoms with Crippen LogP contribution in [-0.2, 0) is 6.42 Å². The van der Waals surface area contributed by atoms with E-state index < -0.39 is 0 Å². The Morgan fingerprint density at radius 1 is 0.950 bits per heavy atom. The van der Waals surface area contributed by atoms with Gasteiger partial charge in [0.25, 0.3) is 0 Å². The van der Waals surface area contributed by atoms with Crippen molar-refractivity contribution in [2.45, 2.75) is 39.7 Å². The fraction of sp³-hybridized carbons (Fsp3) is 0.368. The number of nitrogens with one attached hydrogen (secondary N) is 1. The van der Waals surface area contributed by atoms with Crippen LogP contribution in [0.5, 0.6) is 0 Å². The summed E-state index contributed by atoms with van der Waals surface area (Å²) in [6, 6.07) is 18.1. The molecule has 0 radical (unpaired) electrons. The van der Waals surface area contributed by atoms with Crippen LogP contribution in [0.2, 0.25) is 0 Å². The second kappa shape index (κ2) is 7.25. The van der Waals surface area contributed by atoms with Crippen LogP contribution in [0, 0.1) is 13.8 Å². The molecule has 2 rings (SSSR count). The van der Waals surface area contributed by atoms with Gasteiger partial charge in [0, 0.05) is 6.04 Å². The van der Waals surface area contributed by atoms with Crippen LogP contribution in [0.3, 0.4) is 0 Å². The molecule has 1 N–H and O–H groups in total. The van der Waals surface area contributed by atoms with Gasteiger partial charge in [0.1, 0.15) is 0 Å². The van der Waals surface area contributed by atoms with E-state index in [1.54, 1.807) is 0 Å². The van der Waals surface area contributed by atoms with E-state index >= 15 is 0 Å². The van der Waals surface area contributed by atoms with E-state index in [4.69, 9.17) is 0 Å². The summed E-state index contributed by atoms with van der Waals surface area (Å²) < 4.78 is 0. The summed E-state index contributed by atoms with van der Waals surface area (Å²) in [4.78, 5) is 0. The average Bonchev–Trinajstić information content (AvgIpc) is 2.43. The first-order valence-electron chi connectivity index (χ1n) is 7.54. The van der Waals surface area contributed by atoms with Gasteiger partial charge in [0.15, 0.2) is 0 Å². The minimum Gasteiger partial charge on any atom is -0.310 e. The molecule has 0 saturated carbocycles. The molecule has 0 heterocycles. The Balaban J connectivity index is 2.05. The van der Waals surface area contributed by atoms with Crippen molar-refractivity contribution in [3.63, 3.8) is 0 Å². The molecule has 0 amide bonds. The molecule has 1 nitrogen and oxygen atoms in total. The van der Waals surface area contributed by atoms with Crippen molar-refractivity contribution >= 4 is 0 Å². The zero-order valence-corrected chi connectivity index (χ0v) is 12.8. The van der Waals surface area contributed by atoms with E-state index in [0.717, 1.165) is 19.4 Å². The summed E-state index contributed by atoms with van der Waals surface area (Å²) in [6.45, 7) is 7.53. The molecular formula is C19H25N. The highest BCUT2D eigenvalue weighted by molar-refractivity contribution is 5.29. The molecule has 0 aliphatic rings. The number of rotatable bonds is 6. The lowest BCUT2D eigenvalue weighted by molar-refractivity contribution is 0.515.